The van der Waals surface area contributed by atoms with Crippen LogP contribution >= 0.6 is 0 Å². The van der Waals surface area contributed by atoms with E-state index in [0.717, 1.165) is 9.80 Å². The number of barbiturate groups is 1. The van der Waals surface area contributed by atoms with E-state index in [0.29, 0.717) is 11.1 Å². The second-order valence-electron chi connectivity index (χ2n) is 6.71. The van der Waals surface area contributed by atoms with Crippen molar-refractivity contribution in [2.24, 2.45) is 5.92 Å². The molecule has 3 rings (SSSR count). The van der Waals surface area contributed by atoms with Gasteiger partial charge in [-0.3, -0.25) is 24.2 Å². The van der Waals surface area contributed by atoms with Gasteiger partial charge in [0.1, 0.15) is 11.7 Å². The number of halogens is 1. The number of nitrogens with zero attached hydrogens (tertiary/aromatic N) is 2. The van der Waals surface area contributed by atoms with Crippen molar-refractivity contribution in [3.63, 3.8) is 0 Å². The molecule has 28 heavy (non-hydrogen) atoms. The predicted molar refractivity (Wildman–Crippen MR) is 99.0 cm³/mol. The van der Waals surface area contributed by atoms with Crippen molar-refractivity contribution >= 4 is 23.6 Å². The third-order valence-corrected chi connectivity index (χ3v) is 4.97. The van der Waals surface area contributed by atoms with Gasteiger partial charge in [0.15, 0.2) is 5.78 Å². The van der Waals surface area contributed by atoms with Gasteiger partial charge in [0.2, 0.25) is 11.8 Å². The summed E-state index contributed by atoms with van der Waals surface area (Å²) < 4.78 is 13.4. The number of Topliss-reactive ketones (excluding diaryl/α,β-unsaturated/α-hetero) is 1. The van der Waals surface area contributed by atoms with Crippen molar-refractivity contribution in [3.05, 3.63) is 71.5 Å². The van der Waals surface area contributed by atoms with Crippen molar-refractivity contribution in [3.8, 4) is 0 Å². The number of hydrogen-bond acceptors (Lipinski definition) is 4. The van der Waals surface area contributed by atoms with E-state index in [1.54, 1.807) is 30.3 Å². The second-order valence-corrected chi connectivity index (χ2v) is 6.71. The van der Waals surface area contributed by atoms with Gasteiger partial charge in [0.25, 0.3) is 0 Å². The Labute approximate surface area is 161 Å². The van der Waals surface area contributed by atoms with Crippen LogP contribution in [0.1, 0.15) is 28.3 Å². The Kier molecular flexibility index (Phi) is 5.35. The van der Waals surface area contributed by atoms with Gasteiger partial charge < -0.3 is 0 Å². The molecule has 0 aliphatic carbocycles. The van der Waals surface area contributed by atoms with E-state index in [-0.39, 0.29) is 12.2 Å². The normalized spacial score (nSPS) is 16.5. The highest BCUT2D eigenvalue weighted by atomic mass is 19.1. The minimum absolute atomic E-state index is 0.131. The van der Waals surface area contributed by atoms with Crippen LogP contribution in [0.5, 0.6) is 0 Å². The molecule has 0 aromatic heterocycles. The lowest BCUT2D eigenvalue weighted by Crippen LogP contribution is -2.58. The van der Waals surface area contributed by atoms with Crippen LogP contribution in [0.4, 0.5) is 9.18 Å². The average molecular weight is 382 g/mol. The van der Waals surface area contributed by atoms with Crippen molar-refractivity contribution < 1.29 is 23.6 Å². The van der Waals surface area contributed by atoms with Crippen molar-refractivity contribution in [2.75, 3.05) is 14.1 Å². The molecule has 1 fully saturated rings. The summed E-state index contributed by atoms with van der Waals surface area (Å²) in [6.07, 6.45) is -0.131. The lowest BCUT2D eigenvalue weighted by atomic mass is 9.79. The third-order valence-electron chi connectivity index (χ3n) is 4.97. The first-order valence-electron chi connectivity index (χ1n) is 8.74. The standard InChI is InChI=1S/C21H19FN2O4/c1-23-19(26)18(20(27)24(2)21(23)28)16(13-8-10-15(22)11-9-13)12-17(25)14-6-4-3-5-7-14/h3-11,16,18H,12H2,1-2H3. The van der Waals surface area contributed by atoms with Gasteiger partial charge in [-0.1, -0.05) is 42.5 Å². The summed E-state index contributed by atoms with van der Waals surface area (Å²) in [5.41, 5.74) is 0.927. The van der Waals surface area contributed by atoms with Crippen LogP contribution in [0.3, 0.4) is 0 Å². The first-order chi connectivity index (χ1) is 13.3. The topological polar surface area (TPSA) is 74.8 Å². The van der Waals surface area contributed by atoms with Gasteiger partial charge >= 0.3 is 6.03 Å². The second kappa shape index (κ2) is 7.72. The molecule has 1 saturated heterocycles. The molecule has 2 aromatic rings. The van der Waals surface area contributed by atoms with E-state index in [4.69, 9.17) is 0 Å². The number of carbonyl (C=O) groups excluding carboxylic acids is 4. The van der Waals surface area contributed by atoms with Crippen LogP contribution in [0.15, 0.2) is 54.6 Å². The molecule has 0 N–H and O–H groups in total. The Bertz CT molecular complexity index is 903. The fourth-order valence-corrected chi connectivity index (χ4v) is 3.36. The molecule has 0 bridgehead atoms. The summed E-state index contributed by atoms with van der Waals surface area (Å²) in [6, 6.07) is 13.1. The molecule has 2 aromatic carbocycles. The molecule has 1 aliphatic heterocycles. The van der Waals surface area contributed by atoms with Crippen LogP contribution < -0.4 is 0 Å². The summed E-state index contributed by atoms with van der Waals surface area (Å²) in [7, 11) is 2.59. The Balaban J connectivity index is 2.02. The molecule has 0 spiro atoms. The Morgan fingerprint density at radius 1 is 0.929 bits per heavy atom. The van der Waals surface area contributed by atoms with E-state index in [1.165, 1.54) is 38.4 Å². The number of rotatable bonds is 5. The fourth-order valence-electron chi connectivity index (χ4n) is 3.36. The van der Waals surface area contributed by atoms with Gasteiger partial charge in [-0.05, 0) is 17.7 Å². The van der Waals surface area contributed by atoms with Crippen molar-refractivity contribution in [1.29, 1.82) is 0 Å². The van der Waals surface area contributed by atoms with E-state index < -0.39 is 35.5 Å². The third kappa shape index (κ3) is 3.55. The SMILES string of the molecule is CN1C(=O)C(C(CC(=O)c2ccccc2)c2ccc(F)cc2)C(=O)N(C)C1=O. The maximum atomic E-state index is 13.4. The summed E-state index contributed by atoms with van der Waals surface area (Å²) in [5, 5.41) is 0. The molecular formula is C21H19FN2O4. The highest BCUT2D eigenvalue weighted by molar-refractivity contribution is 6.16. The van der Waals surface area contributed by atoms with Crippen molar-refractivity contribution in [1.82, 2.24) is 9.80 Å². The van der Waals surface area contributed by atoms with Crippen LogP contribution in [0, 0.1) is 11.7 Å². The van der Waals surface area contributed by atoms with Gasteiger partial charge in [-0.25, -0.2) is 9.18 Å². The summed E-state index contributed by atoms with van der Waals surface area (Å²) in [6.45, 7) is 0. The predicted octanol–water partition coefficient (Wildman–Crippen LogP) is 2.85. The molecule has 7 heteroatoms. The monoisotopic (exact) mass is 382 g/mol. The lowest BCUT2D eigenvalue weighted by Gasteiger charge is -2.36. The van der Waals surface area contributed by atoms with Crippen LogP contribution in [0.2, 0.25) is 0 Å². The smallest absolute Gasteiger partial charge is 0.294 e. The molecule has 1 unspecified atom stereocenters. The number of urea groups is 1. The van der Waals surface area contributed by atoms with Gasteiger partial charge in [0, 0.05) is 32.0 Å². The Morgan fingerprint density at radius 2 is 1.46 bits per heavy atom. The molecule has 0 saturated carbocycles. The van der Waals surface area contributed by atoms with Crippen LogP contribution in [-0.4, -0.2) is 47.5 Å². The zero-order valence-corrected chi connectivity index (χ0v) is 15.5. The van der Waals surface area contributed by atoms with Gasteiger partial charge in [-0.15, -0.1) is 0 Å². The number of hydrogen-bond donors (Lipinski definition) is 0. The van der Waals surface area contributed by atoms with E-state index in [2.05, 4.69) is 0 Å². The molecule has 0 radical (unpaired) electrons. The summed E-state index contributed by atoms with van der Waals surface area (Å²) >= 11 is 0. The minimum Gasteiger partial charge on any atom is -0.294 e. The number of carbonyl (C=O) groups is 4. The highest BCUT2D eigenvalue weighted by Gasteiger charge is 2.47. The largest absolute Gasteiger partial charge is 0.332 e. The Hall–Kier alpha value is -3.35. The van der Waals surface area contributed by atoms with Gasteiger partial charge in [0.05, 0.1) is 0 Å². The van der Waals surface area contributed by atoms with E-state index >= 15 is 0 Å². The molecule has 1 aliphatic rings. The molecule has 6 nitrogen and oxygen atoms in total. The molecule has 144 valence electrons. The maximum absolute atomic E-state index is 13.4. The molecular weight excluding hydrogens is 363 g/mol. The number of ketones is 1. The molecule has 1 atom stereocenters. The van der Waals surface area contributed by atoms with E-state index in [1.807, 2.05) is 0 Å². The minimum atomic E-state index is -1.24. The lowest BCUT2D eigenvalue weighted by molar-refractivity contribution is -0.148. The zero-order valence-electron chi connectivity index (χ0n) is 15.5. The quantitative estimate of drug-likeness (QED) is 0.589. The average Bonchev–Trinajstić information content (AvgIpc) is 2.71. The first-order valence-corrected chi connectivity index (χ1v) is 8.74. The highest BCUT2D eigenvalue weighted by Crippen LogP contribution is 2.34. The molecule has 4 amide bonds. The number of amides is 4. The summed E-state index contributed by atoms with van der Waals surface area (Å²) in [5.74, 6) is -4.15. The molecule has 1 heterocycles. The van der Waals surface area contributed by atoms with Crippen LogP contribution in [0.25, 0.3) is 0 Å². The van der Waals surface area contributed by atoms with E-state index in [9.17, 15) is 23.6 Å². The maximum Gasteiger partial charge on any atom is 0.332 e. The first kappa shape index (κ1) is 19.4. The van der Waals surface area contributed by atoms with Crippen molar-refractivity contribution in [2.45, 2.75) is 12.3 Å². The van der Waals surface area contributed by atoms with Gasteiger partial charge in [-0.2, -0.15) is 0 Å². The Morgan fingerprint density at radius 3 is 2.00 bits per heavy atom. The number of benzene rings is 2. The fraction of sp³-hybridized carbons (Fsp3) is 0.238. The summed E-state index contributed by atoms with van der Waals surface area (Å²) in [4.78, 5) is 52.1. The number of imide groups is 2. The zero-order chi connectivity index (χ0) is 20.4. The van der Waals surface area contributed by atoms with Crippen LogP contribution in [-0.2, 0) is 9.59 Å².